The first-order valence-corrected chi connectivity index (χ1v) is 9.75. The lowest BCUT2D eigenvalue weighted by molar-refractivity contribution is 0.0720. The number of amides is 1. The van der Waals surface area contributed by atoms with Crippen LogP contribution in [0.1, 0.15) is 52.2 Å². The highest BCUT2D eigenvalue weighted by atomic mass is 16.5. The minimum absolute atomic E-state index is 0.0284. The van der Waals surface area contributed by atoms with Crippen molar-refractivity contribution in [3.05, 3.63) is 40.7 Å². The Balaban J connectivity index is 1.34. The predicted molar refractivity (Wildman–Crippen MR) is 99.0 cm³/mol. The lowest BCUT2D eigenvalue weighted by Crippen LogP contribution is -2.36. The molecule has 7 heteroatoms. The van der Waals surface area contributed by atoms with E-state index in [1.165, 1.54) is 5.56 Å². The number of carbonyl (C=O) groups is 1. The molecule has 2 aromatic rings. The molecule has 0 aliphatic carbocycles. The van der Waals surface area contributed by atoms with Crippen LogP contribution < -0.4 is 4.90 Å². The summed E-state index contributed by atoms with van der Waals surface area (Å²) in [6.45, 7) is 3.63. The summed E-state index contributed by atoms with van der Waals surface area (Å²) in [7, 11) is 2.02. The number of ether oxygens (including phenoxy) is 1. The van der Waals surface area contributed by atoms with Gasteiger partial charge in [-0.2, -0.15) is 0 Å². The highest BCUT2D eigenvalue weighted by molar-refractivity contribution is 5.93. The van der Waals surface area contributed by atoms with Gasteiger partial charge in [-0.3, -0.25) is 4.79 Å². The maximum atomic E-state index is 13.0. The zero-order chi connectivity index (χ0) is 18.4. The summed E-state index contributed by atoms with van der Waals surface area (Å²) < 4.78 is 11.5. The first-order valence-electron chi connectivity index (χ1n) is 9.75. The predicted octanol–water partition coefficient (Wildman–Crippen LogP) is 2.15. The zero-order valence-electron chi connectivity index (χ0n) is 15.6. The zero-order valence-corrected chi connectivity index (χ0v) is 15.6. The molecule has 2 aromatic heterocycles. The van der Waals surface area contributed by atoms with Crippen LogP contribution in [0, 0.1) is 0 Å². The van der Waals surface area contributed by atoms with E-state index in [4.69, 9.17) is 14.1 Å². The fraction of sp³-hybridized carbons (Fsp3) is 0.550. The summed E-state index contributed by atoms with van der Waals surface area (Å²) >= 11 is 0. The van der Waals surface area contributed by atoms with Gasteiger partial charge < -0.3 is 19.0 Å². The maximum absolute atomic E-state index is 13.0. The van der Waals surface area contributed by atoms with Crippen LogP contribution in [0.3, 0.4) is 0 Å². The molecule has 5 heterocycles. The molecule has 0 spiro atoms. The van der Waals surface area contributed by atoms with Crippen molar-refractivity contribution in [2.45, 2.75) is 38.1 Å². The fourth-order valence-corrected chi connectivity index (χ4v) is 4.19. The van der Waals surface area contributed by atoms with E-state index < -0.39 is 0 Å². The van der Waals surface area contributed by atoms with Crippen LogP contribution in [0.2, 0.25) is 0 Å². The topological polar surface area (TPSA) is 71.7 Å². The Kier molecular flexibility index (Phi) is 4.11. The van der Waals surface area contributed by atoms with E-state index in [1.54, 1.807) is 0 Å². The summed E-state index contributed by atoms with van der Waals surface area (Å²) in [5.74, 6) is 2.99. The molecule has 0 N–H and O–H groups in total. The van der Waals surface area contributed by atoms with Crippen molar-refractivity contribution in [3.8, 4) is 0 Å². The summed E-state index contributed by atoms with van der Waals surface area (Å²) in [4.78, 5) is 26.3. The smallest absolute Gasteiger partial charge is 0.272 e. The lowest BCUT2D eigenvalue weighted by atomic mass is 10.0. The van der Waals surface area contributed by atoms with Crippen LogP contribution in [0.25, 0.3) is 0 Å². The van der Waals surface area contributed by atoms with Gasteiger partial charge in [-0.25, -0.2) is 9.97 Å². The number of nitrogens with zero attached hydrogens (tertiary/aromatic N) is 4. The lowest BCUT2D eigenvalue weighted by Gasteiger charge is -2.25. The normalized spacial score (nSPS) is 19.9. The van der Waals surface area contributed by atoms with Crippen LogP contribution in [-0.2, 0) is 24.1 Å². The first-order chi connectivity index (χ1) is 13.2. The first kappa shape index (κ1) is 16.7. The van der Waals surface area contributed by atoms with Crippen molar-refractivity contribution in [1.29, 1.82) is 0 Å². The monoisotopic (exact) mass is 368 g/mol. The largest absolute Gasteiger partial charge is 0.445 e. The van der Waals surface area contributed by atoms with Crippen molar-refractivity contribution in [2.75, 3.05) is 38.3 Å². The molecule has 27 heavy (non-hydrogen) atoms. The Bertz CT molecular complexity index is 872. The number of oxazole rings is 1. The van der Waals surface area contributed by atoms with Gasteiger partial charge in [0.05, 0.1) is 6.54 Å². The van der Waals surface area contributed by atoms with Gasteiger partial charge in [-0.05, 0) is 30.9 Å². The molecular formula is C20H24N4O3. The van der Waals surface area contributed by atoms with Crippen LogP contribution >= 0.6 is 0 Å². The number of fused-ring (bicyclic) bond motifs is 2. The van der Waals surface area contributed by atoms with E-state index >= 15 is 0 Å². The SMILES string of the molecule is CN1CCc2ccc(C(=O)N3CCc4oc(C5CCOCC5)nc4C3)nc21. The summed E-state index contributed by atoms with van der Waals surface area (Å²) in [5.41, 5.74) is 2.63. The molecule has 1 saturated heterocycles. The Morgan fingerprint density at radius 3 is 2.85 bits per heavy atom. The number of pyridine rings is 1. The third kappa shape index (κ3) is 3.00. The van der Waals surface area contributed by atoms with Crippen molar-refractivity contribution in [3.63, 3.8) is 0 Å². The Labute approximate surface area is 158 Å². The number of aromatic nitrogens is 2. The Morgan fingerprint density at radius 1 is 1.15 bits per heavy atom. The van der Waals surface area contributed by atoms with E-state index in [2.05, 4.69) is 9.88 Å². The average Bonchev–Trinajstić information content (AvgIpc) is 3.31. The second-order valence-electron chi connectivity index (χ2n) is 7.64. The molecule has 0 bridgehead atoms. The quantitative estimate of drug-likeness (QED) is 0.809. The molecule has 1 amide bonds. The van der Waals surface area contributed by atoms with E-state index in [0.29, 0.717) is 31.1 Å². The second kappa shape index (κ2) is 6.64. The molecule has 3 aliphatic rings. The minimum atomic E-state index is -0.0284. The highest BCUT2D eigenvalue weighted by Gasteiger charge is 2.30. The molecular weight excluding hydrogens is 344 g/mol. The van der Waals surface area contributed by atoms with E-state index in [9.17, 15) is 4.79 Å². The van der Waals surface area contributed by atoms with Crippen molar-refractivity contribution >= 4 is 11.7 Å². The molecule has 142 valence electrons. The Morgan fingerprint density at radius 2 is 2.00 bits per heavy atom. The van der Waals surface area contributed by atoms with Gasteiger partial charge in [0.25, 0.3) is 5.91 Å². The molecule has 0 unspecified atom stereocenters. The van der Waals surface area contributed by atoms with Gasteiger partial charge in [-0.15, -0.1) is 0 Å². The van der Waals surface area contributed by atoms with Gasteiger partial charge >= 0.3 is 0 Å². The maximum Gasteiger partial charge on any atom is 0.272 e. The summed E-state index contributed by atoms with van der Waals surface area (Å²) in [6.07, 6.45) is 3.61. The second-order valence-corrected chi connectivity index (χ2v) is 7.64. The highest BCUT2D eigenvalue weighted by Crippen LogP contribution is 2.30. The van der Waals surface area contributed by atoms with Gasteiger partial charge in [0.2, 0.25) is 0 Å². The standard InChI is InChI=1S/C20H24N4O3/c1-23-8-4-13-2-3-15(21-18(13)23)20(25)24-9-5-17-16(12-24)22-19(27-17)14-6-10-26-11-7-14/h2-3,14H,4-12H2,1H3. The van der Waals surface area contributed by atoms with Crippen LogP contribution in [0.4, 0.5) is 5.82 Å². The van der Waals surface area contributed by atoms with Crippen LogP contribution in [-0.4, -0.2) is 54.1 Å². The molecule has 0 aromatic carbocycles. The van der Waals surface area contributed by atoms with Crippen molar-refractivity contribution in [1.82, 2.24) is 14.9 Å². The molecule has 0 saturated carbocycles. The van der Waals surface area contributed by atoms with E-state index in [1.807, 2.05) is 24.1 Å². The number of anilines is 1. The number of hydrogen-bond acceptors (Lipinski definition) is 6. The molecule has 3 aliphatic heterocycles. The Hall–Kier alpha value is -2.41. The number of rotatable bonds is 2. The van der Waals surface area contributed by atoms with Gasteiger partial charge in [0.15, 0.2) is 5.89 Å². The van der Waals surface area contributed by atoms with Gasteiger partial charge in [-0.1, -0.05) is 6.07 Å². The third-order valence-corrected chi connectivity index (χ3v) is 5.86. The molecule has 1 fully saturated rings. The van der Waals surface area contributed by atoms with Crippen LogP contribution in [0.5, 0.6) is 0 Å². The number of likely N-dealkylation sites (N-methyl/N-ethyl adjacent to an activating group) is 1. The number of hydrogen-bond donors (Lipinski definition) is 0. The number of carbonyl (C=O) groups excluding carboxylic acids is 1. The van der Waals surface area contributed by atoms with Crippen molar-refractivity contribution in [2.24, 2.45) is 0 Å². The summed E-state index contributed by atoms with van der Waals surface area (Å²) in [5, 5.41) is 0. The molecule has 0 atom stereocenters. The van der Waals surface area contributed by atoms with Gasteiger partial charge in [0.1, 0.15) is 23.0 Å². The van der Waals surface area contributed by atoms with Gasteiger partial charge in [0, 0.05) is 45.7 Å². The van der Waals surface area contributed by atoms with Crippen molar-refractivity contribution < 1.29 is 13.9 Å². The van der Waals surface area contributed by atoms with E-state index in [-0.39, 0.29) is 5.91 Å². The summed E-state index contributed by atoms with van der Waals surface area (Å²) in [6, 6.07) is 3.89. The van der Waals surface area contributed by atoms with E-state index in [0.717, 1.165) is 62.2 Å². The fourth-order valence-electron chi connectivity index (χ4n) is 4.19. The minimum Gasteiger partial charge on any atom is -0.445 e. The molecule has 5 rings (SSSR count). The molecule has 7 nitrogen and oxygen atoms in total. The average molecular weight is 368 g/mol. The molecule has 0 radical (unpaired) electrons. The van der Waals surface area contributed by atoms with Crippen LogP contribution in [0.15, 0.2) is 16.5 Å². The third-order valence-electron chi connectivity index (χ3n) is 5.86.